The molecule has 0 bridgehead atoms. The van der Waals surface area contributed by atoms with E-state index in [-0.39, 0.29) is 22.4 Å². The molecular weight excluding hydrogens is 321 g/mol. The summed E-state index contributed by atoms with van der Waals surface area (Å²) in [4.78, 5) is 16.0. The Morgan fingerprint density at radius 3 is 2.42 bits per heavy atom. The minimum atomic E-state index is -4.67. The zero-order chi connectivity index (χ0) is 18.3. The quantitative estimate of drug-likeness (QED) is 0.830. The number of carbonyl (C=O) groups excluding carboxylic acids is 1. The Kier molecular flexibility index (Phi) is 4.32. The van der Waals surface area contributed by atoms with E-state index in [1.807, 2.05) is 0 Å². The third-order valence-electron chi connectivity index (χ3n) is 3.42. The number of alkyl halides is 3. The third kappa shape index (κ3) is 3.51. The molecule has 0 spiro atoms. The average molecular weight is 336 g/mol. The first-order chi connectivity index (χ1) is 10.9. The van der Waals surface area contributed by atoms with Crippen LogP contribution in [0.15, 0.2) is 53.6 Å². The van der Waals surface area contributed by atoms with Crippen molar-refractivity contribution in [3.8, 4) is 0 Å². The van der Waals surface area contributed by atoms with Crippen molar-refractivity contribution >= 4 is 11.5 Å². The van der Waals surface area contributed by atoms with Gasteiger partial charge >= 0.3 is 6.18 Å². The molecule has 0 unspecified atom stereocenters. The number of rotatable bonds is 3. The molecule has 0 aliphatic heterocycles. The first kappa shape index (κ1) is 17.8. The maximum Gasteiger partial charge on any atom is 0.433 e. The van der Waals surface area contributed by atoms with E-state index in [0.717, 1.165) is 12.1 Å². The van der Waals surface area contributed by atoms with Crippen molar-refractivity contribution in [3.05, 3.63) is 65.0 Å². The number of carbonyl (C=O) groups is 1. The molecular formula is C17H15F3N2O2. The predicted octanol–water partition coefficient (Wildman–Crippen LogP) is 3.50. The molecule has 1 aliphatic rings. The zero-order valence-corrected chi connectivity index (χ0v) is 13.0. The lowest BCUT2D eigenvalue weighted by Crippen LogP contribution is -2.29. The van der Waals surface area contributed by atoms with Crippen molar-refractivity contribution in [1.82, 2.24) is 4.98 Å². The summed E-state index contributed by atoms with van der Waals surface area (Å²) in [6.07, 6.45) is -2.11. The molecule has 24 heavy (non-hydrogen) atoms. The van der Waals surface area contributed by atoms with E-state index in [4.69, 9.17) is 5.41 Å². The number of hydrogen-bond donors (Lipinski definition) is 2. The molecule has 1 aromatic heterocycles. The molecule has 7 heteroatoms. The van der Waals surface area contributed by atoms with Crippen LogP contribution in [0, 0.1) is 5.41 Å². The molecule has 0 saturated heterocycles. The van der Waals surface area contributed by atoms with E-state index >= 15 is 0 Å². The van der Waals surface area contributed by atoms with Gasteiger partial charge in [0.25, 0.3) is 0 Å². The summed E-state index contributed by atoms with van der Waals surface area (Å²) in [6.45, 7) is 6.45. The normalized spacial score (nSPS) is 15.9. The van der Waals surface area contributed by atoms with Gasteiger partial charge in [0.2, 0.25) is 5.78 Å². The molecule has 126 valence electrons. The first-order valence-corrected chi connectivity index (χ1v) is 6.94. The lowest BCUT2D eigenvalue weighted by molar-refractivity contribution is -0.141. The maximum atomic E-state index is 12.8. The fourth-order valence-electron chi connectivity index (χ4n) is 2.20. The number of hydrogen-bond acceptors (Lipinski definition) is 4. The van der Waals surface area contributed by atoms with E-state index in [2.05, 4.69) is 11.6 Å². The van der Waals surface area contributed by atoms with Gasteiger partial charge in [-0.05, 0) is 49.3 Å². The Bertz CT molecular complexity index is 797. The van der Waals surface area contributed by atoms with Gasteiger partial charge in [0.15, 0.2) is 0 Å². The molecule has 1 aromatic rings. The van der Waals surface area contributed by atoms with Gasteiger partial charge in [0.05, 0.1) is 11.3 Å². The molecule has 0 amide bonds. The zero-order valence-electron chi connectivity index (χ0n) is 13.0. The Morgan fingerprint density at radius 2 is 1.88 bits per heavy atom. The first-order valence-electron chi connectivity index (χ1n) is 6.94. The van der Waals surface area contributed by atoms with E-state index < -0.39 is 28.9 Å². The number of Topliss-reactive ketones (excluding diaryl/α,β-unsaturated/α-hetero) is 1. The van der Waals surface area contributed by atoms with E-state index in [0.29, 0.717) is 0 Å². The number of aromatic nitrogens is 1. The second-order valence-electron chi connectivity index (χ2n) is 5.85. The van der Waals surface area contributed by atoms with E-state index in [1.54, 1.807) is 0 Å². The molecule has 0 fully saturated rings. The molecule has 0 radical (unpaired) electrons. The minimum Gasteiger partial charge on any atom is -0.386 e. The number of ketones is 1. The Hall–Kier alpha value is -2.54. The van der Waals surface area contributed by atoms with Crippen LogP contribution in [0.5, 0.6) is 0 Å². The van der Waals surface area contributed by atoms with Gasteiger partial charge in [-0.2, -0.15) is 13.2 Å². The fraction of sp³-hybridized carbons (Fsp3) is 0.235. The fourth-order valence-corrected chi connectivity index (χ4v) is 2.20. The predicted molar refractivity (Wildman–Crippen MR) is 82.9 cm³/mol. The second kappa shape index (κ2) is 5.83. The summed E-state index contributed by atoms with van der Waals surface area (Å²) in [7, 11) is 0. The number of pyridine rings is 1. The number of nitrogens with zero attached hydrogens (tertiary/aromatic N) is 1. The Labute approximate surface area is 136 Å². The smallest absolute Gasteiger partial charge is 0.386 e. The molecule has 4 nitrogen and oxygen atoms in total. The molecule has 2 N–H and O–H groups in total. The lowest BCUT2D eigenvalue weighted by atomic mass is 9.82. The second-order valence-corrected chi connectivity index (χ2v) is 5.85. The summed E-state index contributed by atoms with van der Waals surface area (Å²) in [5.74, 6) is -0.775. The van der Waals surface area contributed by atoms with Crippen LogP contribution in [-0.2, 0) is 6.18 Å². The Morgan fingerprint density at radius 1 is 1.25 bits per heavy atom. The van der Waals surface area contributed by atoms with Crippen molar-refractivity contribution in [2.75, 3.05) is 0 Å². The van der Waals surface area contributed by atoms with Gasteiger partial charge in [-0.1, -0.05) is 12.6 Å². The number of aliphatic hydroxyl groups is 1. The standard InChI is InChI=1S/C17H15F3N2O2/c1-9-7-10(11(8-12(9)21)16(2,3)24)15(23)13-5-4-6-14(22-13)17(18,19)20/h4-8,21,24H,1H2,2-3H3. The SMILES string of the molecule is C=C1C=C(C(=O)c2cccc(C(F)(F)F)n2)C(C(C)(C)O)=CC1=N. The minimum absolute atomic E-state index is 0.0145. The van der Waals surface area contributed by atoms with Crippen molar-refractivity contribution in [2.24, 2.45) is 0 Å². The molecule has 0 aromatic carbocycles. The van der Waals surface area contributed by atoms with E-state index in [1.165, 1.54) is 32.1 Å². The monoisotopic (exact) mass is 336 g/mol. The van der Waals surface area contributed by atoms with Crippen LogP contribution in [0.2, 0.25) is 0 Å². The molecule has 1 aliphatic carbocycles. The van der Waals surface area contributed by atoms with Gasteiger partial charge < -0.3 is 10.5 Å². The third-order valence-corrected chi connectivity index (χ3v) is 3.42. The molecule has 0 atom stereocenters. The van der Waals surface area contributed by atoms with Crippen LogP contribution < -0.4 is 0 Å². The van der Waals surface area contributed by atoms with Crippen molar-refractivity contribution in [1.29, 1.82) is 5.41 Å². The summed E-state index contributed by atoms with van der Waals surface area (Å²) in [6, 6.07) is 3.03. The summed E-state index contributed by atoms with van der Waals surface area (Å²) < 4.78 is 38.3. The van der Waals surface area contributed by atoms with Gasteiger partial charge in [0, 0.05) is 5.57 Å². The molecule has 0 saturated carbocycles. The highest BCUT2D eigenvalue weighted by atomic mass is 19.4. The highest BCUT2D eigenvalue weighted by molar-refractivity contribution is 6.18. The van der Waals surface area contributed by atoms with Gasteiger partial charge in [-0.25, -0.2) is 4.98 Å². The Balaban J connectivity index is 2.52. The van der Waals surface area contributed by atoms with Crippen molar-refractivity contribution < 1.29 is 23.1 Å². The van der Waals surface area contributed by atoms with Crippen LogP contribution in [0.1, 0.15) is 30.0 Å². The van der Waals surface area contributed by atoms with Crippen molar-refractivity contribution in [2.45, 2.75) is 25.6 Å². The van der Waals surface area contributed by atoms with Crippen LogP contribution in [-0.4, -0.2) is 27.2 Å². The number of nitrogens with one attached hydrogen (secondary N) is 1. The summed E-state index contributed by atoms with van der Waals surface area (Å²) in [5.41, 5.74) is -2.70. The molecule has 1 heterocycles. The summed E-state index contributed by atoms with van der Waals surface area (Å²) in [5, 5.41) is 18.0. The summed E-state index contributed by atoms with van der Waals surface area (Å²) >= 11 is 0. The van der Waals surface area contributed by atoms with Crippen LogP contribution in [0.25, 0.3) is 0 Å². The van der Waals surface area contributed by atoms with Crippen LogP contribution in [0.4, 0.5) is 13.2 Å². The van der Waals surface area contributed by atoms with E-state index in [9.17, 15) is 23.1 Å². The maximum absolute atomic E-state index is 12.8. The topological polar surface area (TPSA) is 74.0 Å². The van der Waals surface area contributed by atoms with Crippen LogP contribution >= 0.6 is 0 Å². The van der Waals surface area contributed by atoms with Gasteiger partial charge in [0.1, 0.15) is 11.4 Å². The lowest BCUT2D eigenvalue weighted by Gasteiger charge is -2.26. The van der Waals surface area contributed by atoms with Gasteiger partial charge in [-0.15, -0.1) is 0 Å². The van der Waals surface area contributed by atoms with Crippen LogP contribution in [0.3, 0.4) is 0 Å². The number of halogens is 3. The van der Waals surface area contributed by atoms with Crippen molar-refractivity contribution in [3.63, 3.8) is 0 Å². The molecule has 2 rings (SSSR count). The largest absolute Gasteiger partial charge is 0.433 e. The average Bonchev–Trinajstić information content (AvgIpc) is 2.47. The highest BCUT2D eigenvalue weighted by Gasteiger charge is 2.35. The highest BCUT2D eigenvalue weighted by Crippen LogP contribution is 2.32. The van der Waals surface area contributed by atoms with Gasteiger partial charge in [-0.3, -0.25) is 4.79 Å². The number of allylic oxidation sites excluding steroid dienone is 3.